The summed E-state index contributed by atoms with van der Waals surface area (Å²) in [5.41, 5.74) is 7.82. The molecule has 0 aliphatic rings. The van der Waals surface area contributed by atoms with Crippen LogP contribution in [0.15, 0.2) is 46.9 Å². The van der Waals surface area contributed by atoms with E-state index >= 15 is 0 Å². The van der Waals surface area contributed by atoms with E-state index in [1.165, 1.54) is 14.2 Å². The van der Waals surface area contributed by atoms with Gasteiger partial charge in [0.2, 0.25) is 0 Å². The zero-order chi connectivity index (χ0) is 22.4. The molecule has 0 aliphatic carbocycles. The molecule has 0 fully saturated rings. The van der Waals surface area contributed by atoms with Crippen LogP contribution >= 0.6 is 7.60 Å². The minimum absolute atomic E-state index is 0.184. The van der Waals surface area contributed by atoms with Crippen molar-refractivity contribution in [2.45, 2.75) is 37.5 Å². The van der Waals surface area contributed by atoms with Crippen LogP contribution in [0.5, 0.6) is 0 Å². The average molecular weight is 448 g/mol. The molecule has 0 spiro atoms. The molecule has 0 saturated carbocycles. The fourth-order valence-corrected chi connectivity index (χ4v) is 5.25. The maximum Gasteiger partial charge on any atom is 0.346 e. The summed E-state index contributed by atoms with van der Waals surface area (Å²) in [6.45, 7) is 0.497. The lowest BCUT2D eigenvalue weighted by molar-refractivity contribution is -0.139. The number of carboxylic acids is 1. The first-order valence-corrected chi connectivity index (χ1v) is 11.8. The number of unbranched alkanes of at least 4 members (excludes halogenated alkanes) is 1. The normalized spacial score (nSPS) is 14.2. The molecular weight excluding hydrogens is 419 g/mol. The summed E-state index contributed by atoms with van der Waals surface area (Å²) in [5.74, 6) is -1.81. The molecule has 0 amide bonds. The van der Waals surface area contributed by atoms with E-state index in [1.54, 1.807) is 0 Å². The van der Waals surface area contributed by atoms with Crippen molar-refractivity contribution in [1.82, 2.24) is 5.32 Å². The number of fused-ring (bicyclic) bond motifs is 3. The predicted molar refractivity (Wildman–Crippen MR) is 120 cm³/mol. The van der Waals surface area contributed by atoms with Crippen LogP contribution in [-0.4, -0.2) is 43.7 Å². The number of benzene rings is 2. The van der Waals surface area contributed by atoms with E-state index in [1.807, 2.05) is 42.5 Å². The van der Waals surface area contributed by atoms with Gasteiger partial charge in [0.25, 0.3) is 0 Å². The number of furan rings is 1. The Hall–Kier alpha value is -2.22. The number of aliphatic carboxylic acids is 1. The molecule has 0 unspecified atom stereocenters. The van der Waals surface area contributed by atoms with Crippen molar-refractivity contribution in [1.29, 1.82) is 0 Å². The van der Waals surface area contributed by atoms with Gasteiger partial charge in [-0.15, -0.1) is 0 Å². The molecule has 2 atom stereocenters. The third kappa shape index (κ3) is 5.34. The van der Waals surface area contributed by atoms with Crippen LogP contribution in [0.1, 0.15) is 24.8 Å². The lowest BCUT2D eigenvalue weighted by Crippen LogP contribution is -2.45. The summed E-state index contributed by atoms with van der Waals surface area (Å²) < 4.78 is 29.2. The molecule has 4 N–H and O–H groups in total. The number of rotatable bonds is 12. The van der Waals surface area contributed by atoms with Gasteiger partial charge in [0.15, 0.2) is 0 Å². The highest BCUT2D eigenvalue weighted by molar-refractivity contribution is 7.54. The van der Waals surface area contributed by atoms with Gasteiger partial charge in [0, 0.05) is 25.0 Å². The topological polar surface area (TPSA) is 124 Å². The van der Waals surface area contributed by atoms with Gasteiger partial charge < -0.3 is 24.3 Å². The summed E-state index contributed by atoms with van der Waals surface area (Å²) >= 11 is 0. The van der Waals surface area contributed by atoms with Gasteiger partial charge >= 0.3 is 13.6 Å². The molecule has 1 heterocycles. The number of nitrogens with one attached hydrogen (secondary N) is 1. The smallest absolute Gasteiger partial charge is 0.346 e. The zero-order valence-electron chi connectivity index (χ0n) is 17.7. The zero-order valence-corrected chi connectivity index (χ0v) is 18.6. The van der Waals surface area contributed by atoms with E-state index in [0.717, 1.165) is 28.3 Å². The number of carboxylic acid groups (broad SMARTS) is 1. The third-order valence-corrected chi connectivity index (χ3v) is 7.59. The first-order valence-electron chi connectivity index (χ1n) is 10.2. The molecule has 168 valence electrons. The maximum absolute atomic E-state index is 13.0. The van der Waals surface area contributed by atoms with Gasteiger partial charge in [-0.1, -0.05) is 30.3 Å². The minimum Gasteiger partial charge on any atom is -0.480 e. The van der Waals surface area contributed by atoms with Gasteiger partial charge in [0.1, 0.15) is 23.0 Å². The lowest BCUT2D eigenvalue weighted by atomic mass is 10.0. The van der Waals surface area contributed by atoms with E-state index < -0.39 is 25.4 Å². The highest BCUT2D eigenvalue weighted by Gasteiger charge is 2.36. The predicted octanol–water partition coefficient (Wildman–Crippen LogP) is 4.11. The van der Waals surface area contributed by atoms with E-state index in [2.05, 4.69) is 5.32 Å². The van der Waals surface area contributed by atoms with E-state index in [0.29, 0.717) is 25.0 Å². The highest BCUT2D eigenvalue weighted by atomic mass is 31.2. The monoisotopic (exact) mass is 448 g/mol. The standard InChI is InChI=1S/C22H29N2O6P/c1-28-31(27,29-2)21(9-5-6-12-23)24-18(22(25)26)13-15-10-11-17-16-7-3-4-8-19(16)30-20(17)14-15/h3-4,7-8,10-11,14,18,21,24H,5-6,9,12-13,23H2,1-2H3,(H,25,26)/t18-,21-/m0/s1. The summed E-state index contributed by atoms with van der Waals surface area (Å²) in [5, 5.41) is 14.8. The highest BCUT2D eigenvalue weighted by Crippen LogP contribution is 2.52. The van der Waals surface area contributed by atoms with E-state index in [4.69, 9.17) is 19.2 Å². The molecule has 0 bridgehead atoms. The van der Waals surface area contributed by atoms with Crippen molar-refractivity contribution >= 4 is 35.5 Å². The summed E-state index contributed by atoms with van der Waals surface area (Å²) in [4.78, 5) is 12.0. The first kappa shape index (κ1) is 23.4. The third-order valence-electron chi connectivity index (χ3n) is 5.40. The summed E-state index contributed by atoms with van der Waals surface area (Å²) in [6, 6.07) is 12.4. The molecule has 0 saturated heterocycles. The largest absolute Gasteiger partial charge is 0.480 e. The summed E-state index contributed by atoms with van der Waals surface area (Å²) in [7, 11) is -0.925. The van der Waals surface area contributed by atoms with Crippen LogP contribution < -0.4 is 11.1 Å². The molecule has 31 heavy (non-hydrogen) atoms. The van der Waals surface area contributed by atoms with Crippen LogP contribution in [-0.2, 0) is 24.8 Å². The number of hydrogen-bond donors (Lipinski definition) is 3. The van der Waals surface area contributed by atoms with Gasteiger partial charge in [-0.25, -0.2) is 0 Å². The van der Waals surface area contributed by atoms with Crippen molar-refractivity contribution < 1.29 is 27.9 Å². The number of carbonyl (C=O) groups is 1. The fraction of sp³-hybridized carbons (Fsp3) is 0.409. The number of nitrogens with two attached hydrogens (primary N) is 1. The second-order valence-electron chi connectivity index (χ2n) is 7.40. The molecule has 2 aromatic carbocycles. The Balaban J connectivity index is 1.84. The second kappa shape index (κ2) is 10.4. The van der Waals surface area contributed by atoms with Crippen LogP contribution in [0.2, 0.25) is 0 Å². The quantitative estimate of drug-likeness (QED) is 0.279. The Morgan fingerprint density at radius 2 is 1.84 bits per heavy atom. The first-order chi connectivity index (χ1) is 14.9. The minimum atomic E-state index is -3.52. The maximum atomic E-state index is 13.0. The second-order valence-corrected chi connectivity index (χ2v) is 9.83. The molecule has 8 nitrogen and oxygen atoms in total. The molecule has 9 heteroatoms. The van der Waals surface area contributed by atoms with Gasteiger partial charge in [0.05, 0.1) is 0 Å². The summed E-state index contributed by atoms with van der Waals surface area (Å²) in [6.07, 6.45) is 2.00. The molecule has 3 rings (SSSR count). The molecule has 1 aromatic heterocycles. The van der Waals surface area contributed by atoms with Gasteiger partial charge in [-0.3, -0.25) is 14.7 Å². The van der Waals surface area contributed by atoms with E-state index in [-0.39, 0.29) is 6.42 Å². The van der Waals surface area contributed by atoms with Crippen molar-refractivity contribution in [2.75, 3.05) is 20.8 Å². The fourth-order valence-electron chi connectivity index (χ4n) is 3.73. The number of hydrogen-bond acceptors (Lipinski definition) is 7. The van der Waals surface area contributed by atoms with E-state index in [9.17, 15) is 14.5 Å². The van der Waals surface area contributed by atoms with Crippen LogP contribution in [0.4, 0.5) is 0 Å². The Kier molecular flexibility index (Phi) is 7.86. The SMILES string of the molecule is COP(=O)(OC)[C@@H](CCCCN)N[C@@H](Cc1ccc2c(c1)oc1ccccc12)C(=O)O. The number of para-hydroxylation sites is 1. The Morgan fingerprint density at radius 3 is 2.52 bits per heavy atom. The van der Waals surface area contributed by atoms with Crippen LogP contribution in [0.3, 0.4) is 0 Å². The average Bonchev–Trinajstić information content (AvgIpc) is 3.15. The Labute approximate surface area is 181 Å². The Bertz CT molecular complexity index is 1070. The van der Waals surface area contributed by atoms with Crippen molar-refractivity contribution in [3.05, 3.63) is 48.0 Å². The van der Waals surface area contributed by atoms with Crippen LogP contribution in [0, 0.1) is 0 Å². The molecular formula is C22H29N2O6P. The van der Waals surface area contributed by atoms with Crippen molar-refractivity contribution in [3.8, 4) is 0 Å². The van der Waals surface area contributed by atoms with Gasteiger partial charge in [-0.05, 0) is 49.9 Å². The van der Waals surface area contributed by atoms with Crippen LogP contribution in [0.25, 0.3) is 21.9 Å². The lowest BCUT2D eigenvalue weighted by Gasteiger charge is -2.28. The van der Waals surface area contributed by atoms with Crippen molar-refractivity contribution in [3.63, 3.8) is 0 Å². The molecule has 0 aliphatic heterocycles. The molecule has 3 aromatic rings. The van der Waals surface area contributed by atoms with Gasteiger partial charge in [-0.2, -0.15) is 0 Å². The van der Waals surface area contributed by atoms with Crippen molar-refractivity contribution in [2.24, 2.45) is 5.73 Å². The Morgan fingerprint density at radius 1 is 1.13 bits per heavy atom. The molecule has 0 radical (unpaired) electrons.